The van der Waals surface area contributed by atoms with Crippen LogP contribution in [0.5, 0.6) is 0 Å². The molecule has 23 heavy (non-hydrogen) atoms. The normalized spacial score (nSPS) is 23.2. The van der Waals surface area contributed by atoms with Gasteiger partial charge in [-0.3, -0.25) is 0 Å². The highest BCUT2D eigenvalue weighted by Crippen LogP contribution is 2.44. The van der Waals surface area contributed by atoms with Crippen molar-refractivity contribution in [1.82, 2.24) is 0 Å². The first kappa shape index (κ1) is 20.3. The molecule has 0 aromatic heterocycles. The van der Waals surface area contributed by atoms with Crippen LogP contribution in [0.3, 0.4) is 0 Å². The van der Waals surface area contributed by atoms with E-state index in [2.05, 4.69) is 47.6 Å². The molecule has 0 heterocycles. The van der Waals surface area contributed by atoms with Crippen LogP contribution in [0.15, 0.2) is 23.7 Å². The van der Waals surface area contributed by atoms with Gasteiger partial charge in [0.2, 0.25) is 0 Å². The summed E-state index contributed by atoms with van der Waals surface area (Å²) in [6.45, 7) is 14.0. The Kier molecular flexibility index (Phi) is 8.45. The molecule has 134 valence electrons. The van der Waals surface area contributed by atoms with Gasteiger partial charge in [0.25, 0.3) is 8.32 Å². The van der Waals surface area contributed by atoms with E-state index in [9.17, 15) is 5.11 Å². The van der Waals surface area contributed by atoms with Crippen LogP contribution in [0.2, 0.25) is 16.6 Å². The van der Waals surface area contributed by atoms with Gasteiger partial charge in [0.1, 0.15) is 0 Å². The molecule has 0 aromatic carbocycles. The van der Waals surface area contributed by atoms with E-state index in [0.29, 0.717) is 22.4 Å². The minimum Gasteiger partial charge on any atom is -0.546 e. The largest absolute Gasteiger partial charge is 0.546 e. The van der Waals surface area contributed by atoms with Crippen LogP contribution < -0.4 is 0 Å². The smallest absolute Gasteiger partial charge is 0.258 e. The lowest BCUT2D eigenvalue weighted by Gasteiger charge is -2.43. The second-order valence-electron chi connectivity index (χ2n) is 7.92. The molecule has 0 spiro atoms. The summed E-state index contributed by atoms with van der Waals surface area (Å²) in [7, 11) is -1.86. The first-order valence-corrected chi connectivity index (χ1v) is 11.7. The Morgan fingerprint density at radius 1 is 0.826 bits per heavy atom. The predicted octanol–water partition coefficient (Wildman–Crippen LogP) is 7.25. The minimum absolute atomic E-state index is 0.561. The van der Waals surface area contributed by atoms with Crippen molar-refractivity contribution in [3.63, 3.8) is 0 Å². The van der Waals surface area contributed by atoms with Crippen LogP contribution in [-0.2, 0) is 4.43 Å². The summed E-state index contributed by atoms with van der Waals surface area (Å²) < 4.78 is 6.87. The molecular weight excluding hydrogens is 300 g/mol. The average molecular weight is 339 g/mol. The van der Waals surface area contributed by atoms with Crippen molar-refractivity contribution in [1.29, 1.82) is 0 Å². The first-order chi connectivity index (χ1) is 10.8. The number of allylic oxidation sites excluding steroid dienone is 4. The Labute approximate surface area is 145 Å². The predicted molar refractivity (Wildman–Crippen MR) is 103 cm³/mol. The summed E-state index contributed by atoms with van der Waals surface area (Å²) in [4.78, 5) is 0. The molecule has 0 fully saturated rings. The van der Waals surface area contributed by atoms with E-state index in [1.807, 2.05) is 6.08 Å². The molecule has 0 bridgehead atoms. The van der Waals surface area contributed by atoms with Gasteiger partial charge in [0, 0.05) is 12.8 Å². The molecule has 1 N–H and O–H groups in total. The molecule has 0 amide bonds. The van der Waals surface area contributed by atoms with E-state index >= 15 is 0 Å². The van der Waals surface area contributed by atoms with Gasteiger partial charge < -0.3 is 9.53 Å². The van der Waals surface area contributed by atoms with Gasteiger partial charge in [-0.1, -0.05) is 41.5 Å². The molecule has 0 atom stereocenters. The number of hydrogen-bond donors (Lipinski definition) is 1. The van der Waals surface area contributed by atoms with Gasteiger partial charge in [-0.25, -0.2) is 0 Å². The summed E-state index contributed by atoms with van der Waals surface area (Å²) in [5.41, 5.74) is 1.82. The highest BCUT2D eigenvalue weighted by molar-refractivity contribution is 6.77. The topological polar surface area (TPSA) is 29.5 Å². The minimum atomic E-state index is -1.86. The van der Waals surface area contributed by atoms with Crippen molar-refractivity contribution in [3.8, 4) is 0 Å². The van der Waals surface area contributed by atoms with Crippen LogP contribution >= 0.6 is 0 Å². The molecule has 3 heteroatoms. The van der Waals surface area contributed by atoms with Crippen molar-refractivity contribution < 1.29 is 9.53 Å². The zero-order chi connectivity index (χ0) is 17.5. The van der Waals surface area contributed by atoms with Gasteiger partial charge in [0.15, 0.2) is 0 Å². The van der Waals surface area contributed by atoms with E-state index in [1.165, 1.54) is 12.2 Å². The summed E-state index contributed by atoms with van der Waals surface area (Å²) in [6, 6.07) is 0. The second-order valence-corrected chi connectivity index (χ2v) is 13.3. The van der Waals surface area contributed by atoms with Crippen LogP contribution in [-0.4, -0.2) is 13.4 Å². The summed E-state index contributed by atoms with van der Waals surface area (Å²) >= 11 is 0. The van der Waals surface area contributed by atoms with E-state index in [4.69, 9.17) is 4.43 Å². The van der Waals surface area contributed by atoms with Crippen molar-refractivity contribution in [2.45, 2.75) is 103 Å². The third-order valence-corrected chi connectivity index (χ3v) is 11.3. The van der Waals surface area contributed by atoms with Crippen LogP contribution in [0.1, 0.15) is 86.5 Å². The molecule has 1 aliphatic carbocycles. The maximum Gasteiger partial charge on any atom is 0.258 e. The van der Waals surface area contributed by atoms with Crippen molar-refractivity contribution in [2.24, 2.45) is 0 Å². The molecule has 1 rings (SSSR count). The van der Waals surface area contributed by atoms with E-state index in [-0.39, 0.29) is 0 Å². The third kappa shape index (κ3) is 5.70. The Bertz CT molecular complexity index is 386. The SMILES string of the molecule is CC(C)[Si](O/C1=C/CCCC/C=C(/O)CCC1)(C(C)C)C(C)C. The number of aliphatic hydroxyl groups is 1. The molecule has 0 unspecified atom stereocenters. The molecule has 0 saturated carbocycles. The van der Waals surface area contributed by atoms with Crippen molar-refractivity contribution in [3.05, 3.63) is 23.7 Å². The molecule has 1 aliphatic rings. The second kappa shape index (κ2) is 9.56. The highest BCUT2D eigenvalue weighted by atomic mass is 28.4. The average Bonchev–Trinajstić information content (AvgIpc) is 2.49. The fourth-order valence-corrected chi connectivity index (χ4v) is 9.49. The van der Waals surface area contributed by atoms with E-state index in [0.717, 1.165) is 38.5 Å². The Hall–Kier alpha value is -0.703. The zero-order valence-corrected chi connectivity index (χ0v) is 17.2. The Morgan fingerprint density at radius 3 is 1.87 bits per heavy atom. The van der Waals surface area contributed by atoms with Gasteiger partial charge in [-0.2, -0.15) is 0 Å². The molecule has 0 saturated heterocycles. The lowest BCUT2D eigenvalue weighted by molar-refractivity contribution is 0.340. The van der Waals surface area contributed by atoms with Gasteiger partial charge in [-0.15, -0.1) is 0 Å². The summed E-state index contributed by atoms with van der Waals surface area (Å²) in [6.07, 6.45) is 11.5. The Balaban J connectivity index is 2.94. The molecular formula is C20H38O2Si. The van der Waals surface area contributed by atoms with E-state index < -0.39 is 8.32 Å². The van der Waals surface area contributed by atoms with Gasteiger partial charge in [-0.05, 0) is 60.9 Å². The van der Waals surface area contributed by atoms with Crippen LogP contribution in [0, 0.1) is 0 Å². The lowest BCUT2D eigenvalue weighted by Crippen LogP contribution is -2.47. The number of rotatable bonds is 5. The van der Waals surface area contributed by atoms with Crippen LogP contribution in [0.25, 0.3) is 0 Å². The maximum absolute atomic E-state index is 9.92. The quantitative estimate of drug-likeness (QED) is 0.535. The molecule has 2 nitrogen and oxygen atoms in total. The maximum atomic E-state index is 9.92. The molecule has 0 aromatic rings. The first-order valence-electron chi connectivity index (χ1n) is 9.56. The monoisotopic (exact) mass is 338 g/mol. The molecule has 0 radical (unpaired) electrons. The highest BCUT2D eigenvalue weighted by Gasteiger charge is 2.47. The number of hydrogen-bond acceptors (Lipinski definition) is 2. The fourth-order valence-electron chi connectivity index (χ4n) is 4.14. The fraction of sp³-hybridized carbons (Fsp3) is 0.800. The zero-order valence-electron chi connectivity index (χ0n) is 16.2. The van der Waals surface area contributed by atoms with Crippen molar-refractivity contribution in [2.75, 3.05) is 0 Å². The summed E-state index contributed by atoms with van der Waals surface area (Å²) in [5.74, 6) is 1.76. The van der Waals surface area contributed by atoms with Crippen molar-refractivity contribution >= 4 is 8.32 Å². The van der Waals surface area contributed by atoms with Crippen LogP contribution in [0.4, 0.5) is 0 Å². The van der Waals surface area contributed by atoms with E-state index in [1.54, 1.807) is 0 Å². The summed E-state index contributed by atoms with van der Waals surface area (Å²) in [5, 5.41) is 9.92. The number of aliphatic hydroxyl groups excluding tert-OH is 1. The van der Waals surface area contributed by atoms with Gasteiger partial charge in [0.05, 0.1) is 11.5 Å². The Morgan fingerprint density at radius 2 is 1.35 bits per heavy atom. The molecule has 0 aliphatic heterocycles. The third-order valence-electron chi connectivity index (χ3n) is 5.28. The van der Waals surface area contributed by atoms with Gasteiger partial charge >= 0.3 is 0 Å². The standard InChI is InChI=1S/C20H38O2Si/c1-16(2)23(17(3)4,18(5)6)22-20-14-10-8-7-9-12-19(21)13-11-15-20/h12,14,16-18,21H,7-11,13,15H2,1-6H3/b19-12+,20-14+. The lowest BCUT2D eigenvalue weighted by atomic mass is 10.2.